The average molecular weight is 466 g/mol. The fourth-order valence-corrected chi connectivity index (χ4v) is 3.74. The van der Waals surface area contributed by atoms with E-state index in [4.69, 9.17) is 39.5 Å². The zero-order chi connectivity index (χ0) is 21.6. The van der Waals surface area contributed by atoms with Gasteiger partial charge in [-0.2, -0.15) is 4.98 Å². The van der Waals surface area contributed by atoms with Crippen molar-refractivity contribution in [3.8, 4) is 11.8 Å². The van der Waals surface area contributed by atoms with Crippen molar-refractivity contribution in [3.63, 3.8) is 0 Å². The van der Waals surface area contributed by atoms with Crippen molar-refractivity contribution in [2.75, 3.05) is 0 Å². The van der Waals surface area contributed by atoms with Crippen molar-refractivity contribution >= 4 is 46.0 Å². The fourth-order valence-electron chi connectivity index (χ4n) is 3.10. The summed E-state index contributed by atoms with van der Waals surface area (Å²) in [6.07, 6.45) is 0. The Kier molecular flexibility index (Phi) is 5.36. The zero-order valence-electron chi connectivity index (χ0n) is 15.9. The third-order valence-corrected chi connectivity index (χ3v) is 5.67. The molecule has 0 unspecified atom stereocenters. The first-order valence-electron chi connectivity index (χ1n) is 8.80. The predicted molar refractivity (Wildman–Crippen MR) is 117 cm³/mol. The van der Waals surface area contributed by atoms with Gasteiger partial charge in [0.05, 0.1) is 6.54 Å². The standard InChI is InChI=1S/C20H15Cl3N4O3/c1-25-17-16(18(28)26(2)20(25)29)27(10-13-14(22)4-3-5-15(13)23)19(24-17)30-12-8-6-11(21)7-9-12/h3-9H,10H2,1-2H3. The van der Waals surface area contributed by atoms with Crippen LogP contribution in [0.15, 0.2) is 52.1 Å². The summed E-state index contributed by atoms with van der Waals surface area (Å²) in [4.78, 5) is 29.7. The third-order valence-electron chi connectivity index (χ3n) is 4.71. The van der Waals surface area contributed by atoms with Crippen LogP contribution in [-0.4, -0.2) is 18.7 Å². The van der Waals surface area contributed by atoms with E-state index in [1.807, 2.05) is 0 Å². The van der Waals surface area contributed by atoms with Gasteiger partial charge in [0, 0.05) is 34.7 Å². The smallest absolute Gasteiger partial charge is 0.332 e. The third kappa shape index (κ3) is 3.49. The molecular formula is C20H15Cl3N4O3. The van der Waals surface area contributed by atoms with E-state index in [9.17, 15) is 9.59 Å². The van der Waals surface area contributed by atoms with Crippen LogP contribution < -0.4 is 16.0 Å². The van der Waals surface area contributed by atoms with Gasteiger partial charge in [0.15, 0.2) is 11.2 Å². The zero-order valence-corrected chi connectivity index (χ0v) is 18.2. The molecule has 0 saturated heterocycles. The molecule has 0 spiro atoms. The highest BCUT2D eigenvalue weighted by molar-refractivity contribution is 6.36. The molecule has 0 radical (unpaired) electrons. The molecule has 0 N–H and O–H groups in total. The molecule has 0 atom stereocenters. The first-order valence-corrected chi connectivity index (χ1v) is 9.94. The Morgan fingerprint density at radius 1 is 0.933 bits per heavy atom. The average Bonchev–Trinajstić information content (AvgIpc) is 3.07. The maximum absolute atomic E-state index is 12.9. The van der Waals surface area contributed by atoms with E-state index >= 15 is 0 Å². The van der Waals surface area contributed by atoms with Crippen LogP contribution in [0.1, 0.15) is 5.56 Å². The van der Waals surface area contributed by atoms with Gasteiger partial charge in [-0.3, -0.25) is 18.5 Å². The Labute approximate surface area is 185 Å². The number of fused-ring (bicyclic) bond motifs is 1. The topological polar surface area (TPSA) is 71.1 Å². The Bertz CT molecular complexity index is 1370. The highest BCUT2D eigenvalue weighted by atomic mass is 35.5. The molecule has 0 aliphatic rings. The van der Waals surface area contributed by atoms with E-state index in [0.29, 0.717) is 26.4 Å². The molecule has 154 valence electrons. The summed E-state index contributed by atoms with van der Waals surface area (Å²) in [5, 5.41) is 1.42. The molecule has 4 rings (SSSR count). The number of hydrogen-bond donors (Lipinski definition) is 0. The second-order valence-corrected chi connectivity index (χ2v) is 7.87. The molecule has 2 aromatic heterocycles. The summed E-state index contributed by atoms with van der Waals surface area (Å²) in [5.74, 6) is 0.461. The van der Waals surface area contributed by atoms with Crippen LogP contribution in [0.4, 0.5) is 0 Å². The second kappa shape index (κ2) is 7.83. The Morgan fingerprint density at radius 2 is 1.57 bits per heavy atom. The first-order chi connectivity index (χ1) is 14.3. The summed E-state index contributed by atoms with van der Waals surface area (Å²) in [6.45, 7) is 0.116. The van der Waals surface area contributed by atoms with Gasteiger partial charge in [-0.1, -0.05) is 40.9 Å². The van der Waals surface area contributed by atoms with Crippen molar-refractivity contribution in [1.29, 1.82) is 0 Å². The van der Waals surface area contributed by atoms with E-state index in [-0.39, 0.29) is 23.7 Å². The van der Waals surface area contributed by atoms with E-state index in [0.717, 1.165) is 4.57 Å². The molecule has 0 saturated carbocycles. The molecule has 0 fully saturated rings. The van der Waals surface area contributed by atoms with Crippen LogP contribution in [-0.2, 0) is 20.6 Å². The number of benzene rings is 2. The molecule has 10 heteroatoms. The minimum absolute atomic E-state index is 0.113. The minimum atomic E-state index is -0.505. The van der Waals surface area contributed by atoms with Crippen LogP contribution >= 0.6 is 34.8 Å². The SMILES string of the molecule is Cn1c(=O)c2c(nc(Oc3ccc(Cl)cc3)n2Cc2c(Cl)cccc2Cl)n(C)c1=O. The fraction of sp³-hybridized carbons (Fsp3) is 0.150. The number of nitrogens with zero attached hydrogens (tertiary/aromatic N) is 4. The summed E-state index contributed by atoms with van der Waals surface area (Å²) in [6, 6.07) is 11.9. The van der Waals surface area contributed by atoms with Crippen molar-refractivity contribution in [2.45, 2.75) is 6.54 Å². The lowest BCUT2D eigenvalue weighted by Gasteiger charge is -2.12. The number of imidazole rings is 1. The molecule has 30 heavy (non-hydrogen) atoms. The van der Waals surface area contributed by atoms with Crippen LogP contribution in [0.3, 0.4) is 0 Å². The highest BCUT2D eigenvalue weighted by Gasteiger charge is 2.22. The predicted octanol–water partition coefficient (Wildman–Crippen LogP) is 4.23. The largest absolute Gasteiger partial charge is 0.425 e. The normalized spacial score (nSPS) is 11.2. The van der Waals surface area contributed by atoms with Gasteiger partial charge in [0.25, 0.3) is 5.56 Å². The Morgan fingerprint density at radius 3 is 2.20 bits per heavy atom. The van der Waals surface area contributed by atoms with Crippen LogP contribution in [0, 0.1) is 0 Å². The Hall–Kier alpha value is -2.74. The highest BCUT2D eigenvalue weighted by Crippen LogP contribution is 2.30. The summed E-state index contributed by atoms with van der Waals surface area (Å²) >= 11 is 18.6. The van der Waals surface area contributed by atoms with Gasteiger partial charge < -0.3 is 4.74 Å². The summed E-state index contributed by atoms with van der Waals surface area (Å²) < 4.78 is 9.79. The number of hydrogen-bond acceptors (Lipinski definition) is 4. The lowest BCUT2D eigenvalue weighted by atomic mass is 10.2. The number of ether oxygens (including phenoxy) is 1. The van der Waals surface area contributed by atoms with Gasteiger partial charge in [-0.25, -0.2) is 4.79 Å². The number of aryl methyl sites for hydroxylation is 1. The van der Waals surface area contributed by atoms with Crippen LogP contribution in [0.2, 0.25) is 15.1 Å². The van der Waals surface area contributed by atoms with Gasteiger partial charge in [-0.05, 0) is 36.4 Å². The molecule has 0 aliphatic heterocycles. The van der Waals surface area contributed by atoms with Gasteiger partial charge >= 0.3 is 11.7 Å². The Balaban J connectivity index is 1.98. The molecule has 4 aromatic rings. The second-order valence-electron chi connectivity index (χ2n) is 6.61. The van der Waals surface area contributed by atoms with Crippen molar-refractivity contribution in [1.82, 2.24) is 18.7 Å². The lowest BCUT2D eigenvalue weighted by Crippen LogP contribution is -2.37. The monoisotopic (exact) mass is 464 g/mol. The van der Waals surface area contributed by atoms with Crippen molar-refractivity contribution in [3.05, 3.63) is 83.9 Å². The van der Waals surface area contributed by atoms with Crippen LogP contribution in [0.5, 0.6) is 11.8 Å². The van der Waals surface area contributed by atoms with Gasteiger partial charge in [0.2, 0.25) is 0 Å². The van der Waals surface area contributed by atoms with Crippen LogP contribution in [0.25, 0.3) is 11.2 Å². The van der Waals surface area contributed by atoms with E-state index in [1.54, 1.807) is 47.0 Å². The number of aromatic nitrogens is 4. The van der Waals surface area contributed by atoms with Crippen molar-refractivity contribution < 1.29 is 4.74 Å². The van der Waals surface area contributed by atoms with Crippen molar-refractivity contribution in [2.24, 2.45) is 14.1 Å². The summed E-state index contributed by atoms with van der Waals surface area (Å²) in [5.41, 5.74) is -0.0208. The molecule has 0 bridgehead atoms. The van der Waals surface area contributed by atoms with Gasteiger partial charge in [0.1, 0.15) is 5.75 Å². The molecule has 2 aromatic carbocycles. The maximum Gasteiger partial charge on any atom is 0.332 e. The lowest BCUT2D eigenvalue weighted by molar-refractivity contribution is 0.421. The first kappa shape index (κ1) is 20.5. The molecular weight excluding hydrogens is 451 g/mol. The maximum atomic E-state index is 12.9. The number of rotatable bonds is 4. The summed E-state index contributed by atoms with van der Waals surface area (Å²) in [7, 11) is 2.94. The quantitative estimate of drug-likeness (QED) is 0.452. The van der Waals surface area contributed by atoms with E-state index in [2.05, 4.69) is 4.98 Å². The minimum Gasteiger partial charge on any atom is -0.425 e. The number of halogens is 3. The molecule has 2 heterocycles. The molecule has 7 nitrogen and oxygen atoms in total. The van der Waals surface area contributed by atoms with Gasteiger partial charge in [-0.15, -0.1) is 0 Å². The van der Waals surface area contributed by atoms with E-state index in [1.165, 1.54) is 18.7 Å². The molecule has 0 amide bonds. The van der Waals surface area contributed by atoms with E-state index < -0.39 is 11.2 Å². The molecule has 0 aliphatic carbocycles.